The number of hydrogen-bond donors (Lipinski definition) is 1. The van der Waals surface area contributed by atoms with Gasteiger partial charge in [0.25, 0.3) is 0 Å². The van der Waals surface area contributed by atoms with Gasteiger partial charge in [0.2, 0.25) is 0 Å². The highest BCUT2D eigenvalue weighted by atomic mass is 32.2. The highest BCUT2D eigenvalue weighted by Crippen LogP contribution is 2.33. The van der Waals surface area contributed by atoms with Gasteiger partial charge in [0.1, 0.15) is 0 Å². The first-order valence-electron chi connectivity index (χ1n) is 5.85. The zero-order valence-corrected chi connectivity index (χ0v) is 9.75. The van der Waals surface area contributed by atoms with Gasteiger partial charge < -0.3 is 0 Å². The lowest BCUT2D eigenvalue weighted by Gasteiger charge is -2.30. The Morgan fingerprint density at radius 3 is 1.47 bits per heavy atom. The second-order valence-corrected chi connectivity index (χ2v) is 6.00. The summed E-state index contributed by atoms with van der Waals surface area (Å²) in [5, 5.41) is 0. The maximum Gasteiger partial charge on any atom is 0.336 e. The standard InChI is InChI=1S/C10H19NO3S/c12-15(13,14)11(9-5-1-2-6-9)10-7-3-4-8-10/h9-10H,1-8H2,(H,12,13,14). The minimum atomic E-state index is -4.00. The van der Waals surface area contributed by atoms with Crippen LogP contribution in [0.5, 0.6) is 0 Å². The molecule has 0 aliphatic heterocycles. The lowest BCUT2D eigenvalue weighted by molar-refractivity contribution is 0.227. The number of nitrogens with zero attached hydrogens (tertiary/aromatic N) is 1. The molecule has 0 aromatic heterocycles. The Hall–Kier alpha value is -0.130. The molecule has 0 aromatic carbocycles. The van der Waals surface area contributed by atoms with E-state index in [1.165, 1.54) is 4.31 Å². The summed E-state index contributed by atoms with van der Waals surface area (Å²) < 4.78 is 33.5. The van der Waals surface area contributed by atoms with Crippen LogP contribution in [0.1, 0.15) is 51.4 Å². The normalized spacial score (nSPS) is 25.5. The monoisotopic (exact) mass is 233 g/mol. The second-order valence-electron chi connectivity index (χ2n) is 4.68. The lowest BCUT2D eigenvalue weighted by Crippen LogP contribution is -2.44. The molecule has 0 radical (unpaired) electrons. The predicted octanol–water partition coefficient (Wildman–Crippen LogP) is 1.98. The third-order valence-electron chi connectivity index (χ3n) is 3.64. The summed E-state index contributed by atoms with van der Waals surface area (Å²) in [7, 11) is -4.00. The fraction of sp³-hybridized carbons (Fsp3) is 1.00. The molecule has 0 saturated heterocycles. The van der Waals surface area contributed by atoms with Crippen LogP contribution < -0.4 is 0 Å². The molecule has 2 rings (SSSR count). The van der Waals surface area contributed by atoms with Gasteiger partial charge in [-0.05, 0) is 25.7 Å². The third kappa shape index (κ3) is 2.52. The third-order valence-corrected chi connectivity index (χ3v) is 4.76. The van der Waals surface area contributed by atoms with Crippen LogP contribution in [0, 0.1) is 0 Å². The van der Waals surface area contributed by atoms with Crippen LogP contribution in [-0.2, 0) is 10.3 Å². The van der Waals surface area contributed by atoms with Gasteiger partial charge in [-0.3, -0.25) is 4.55 Å². The first-order valence-corrected chi connectivity index (χ1v) is 7.24. The van der Waals surface area contributed by atoms with Gasteiger partial charge in [0.15, 0.2) is 0 Å². The van der Waals surface area contributed by atoms with Crippen molar-refractivity contribution in [2.24, 2.45) is 0 Å². The Bertz CT molecular complexity index is 287. The molecule has 0 unspecified atom stereocenters. The van der Waals surface area contributed by atoms with Gasteiger partial charge in [-0.2, -0.15) is 12.7 Å². The van der Waals surface area contributed by atoms with Crippen LogP contribution in [-0.4, -0.2) is 29.4 Å². The van der Waals surface area contributed by atoms with Gasteiger partial charge in [-0.15, -0.1) is 0 Å². The van der Waals surface area contributed by atoms with E-state index in [0.29, 0.717) is 0 Å². The van der Waals surface area contributed by atoms with Gasteiger partial charge in [-0.25, -0.2) is 0 Å². The van der Waals surface area contributed by atoms with E-state index < -0.39 is 10.3 Å². The molecule has 5 heteroatoms. The van der Waals surface area contributed by atoms with Crippen LogP contribution in [0.15, 0.2) is 0 Å². The molecule has 0 spiro atoms. The van der Waals surface area contributed by atoms with E-state index in [-0.39, 0.29) is 12.1 Å². The van der Waals surface area contributed by atoms with E-state index in [2.05, 4.69) is 0 Å². The van der Waals surface area contributed by atoms with Crippen molar-refractivity contribution >= 4 is 10.3 Å². The molecule has 4 nitrogen and oxygen atoms in total. The van der Waals surface area contributed by atoms with Crippen LogP contribution in [0.25, 0.3) is 0 Å². The van der Waals surface area contributed by atoms with Crippen LogP contribution >= 0.6 is 0 Å². The molecule has 1 N–H and O–H groups in total. The molecule has 0 amide bonds. The fourth-order valence-corrected chi connectivity index (χ4v) is 4.17. The molecule has 0 aromatic rings. The minimum absolute atomic E-state index is 0.0584. The van der Waals surface area contributed by atoms with Gasteiger partial charge in [0, 0.05) is 12.1 Å². The molecule has 2 saturated carbocycles. The summed E-state index contributed by atoms with van der Waals surface area (Å²) in [6.07, 6.45) is 8.00. The maximum absolute atomic E-state index is 11.4. The van der Waals surface area contributed by atoms with Crippen molar-refractivity contribution < 1.29 is 13.0 Å². The van der Waals surface area contributed by atoms with E-state index in [9.17, 15) is 13.0 Å². The van der Waals surface area contributed by atoms with Crippen LogP contribution in [0.2, 0.25) is 0 Å². The molecule has 2 aliphatic rings. The van der Waals surface area contributed by atoms with E-state index in [1.54, 1.807) is 0 Å². The average molecular weight is 233 g/mol. The summed E-state index contributed by atoms with van der Waals surface area (Å²) in [5.74, 6) is 0. The summed E-state index contributed by atoms with van der Waals surface area (Å²) in [6, 6.07) is 0.117. The van der Waals surface area contributed by atoms with Crippen LogP contribution in [0.4, 0.5) is 0 Å². The van der Waals surface area contributed by atoms with Gasteiger partial charge in [0.05, 0.1) is 0 Å². The Morgan fingerprint density at radius 1 is 0.867 bits per heavy atom. The van der Waals surface area contributed by atoms with Crippen LogP contribution in [0.3, 0.4) is 0 Å². The number of rotatable bonds is 3. The second kappa shape index (κ2) is 4.39. The van der Waals surface area contributed by atoms with E-state index in [0.717, 1.165) is 51.4 Å². The summed E-state index contributed by atoms with van der Waals surface area (Å²) in [4.78, 5) is 0. The van der Waals surface area contributed by atoms with Crippen molar-refractivity contribution in [2.75, 3.05) is 0 Å². The van der Waals surface area contributed by atoms with Crippen molar-refractivity contribution in [3.05, 3.63) is 0 Å². The van der Waals surface area contributed by atoms with Crippen molar-refractivity contribution in [2.45, 2.75) is 63.5 Å². The van der Waals surface area contributed by atoms with Crippen molar-refractivity contribution in [1.82, 2.24) is 4.31 Å². The molecule has 88 valence electrons. The zero-order valence-electron chi connectivity index (χ0n) is 8.93. The quantitative estimate of drug-likeness (QED) is 0.758. The Morgan fingerprint density at radius 2 is 1.20 bits per heavy atom. The van der Waals surface area contributed by atoms with Crippen molar-refractivity contribution in [1.29, 1.82) is 0 Å². The smallest absolute Gasteiger partial charge is 0.273 e. The van der Waals surface area contributed by atoms with Crippen molar-refractivity contribution in [3.8, 4) is 0 Å². The van der Waals surface area contributed by atoms with E-state index in [1.807, 2.05) is 0 Å². The first kappa shape index (κ1) is 11.4. The predicted molar refractivity (Wildman–Crippen MR) is 57.9 cm³/mol. The van der Waals surface area contributed by atoms with Gasteiger partial charge >= 0.3 is 10.3 Å². The number of hydrogen-bond acceptors (Lipinski definition) is 2. The Labute approximate surface area is 91.5 Å². The van der Waals surface area contributed by atoms with Gasteiger partial charge in [-0.1, -0.05) is 25.7 Å². The molecule has 2 aliphatic carbocycles. The largest absolute Gasteiger partial charge is 0.336 e. The summed E-state index contributed by atoms with van der Waals surface area (Å²) >= 11 is 0. The average Bonchev–Trinajstić information content (AvgIpc) is 2.73. The Balaban J connectivity index is 2.15. The summed E-state index contributed by atoms with van der Waals surface area (Å²) in [5.41, 5.74) is 0. The topological polar surface area (TPSA) is 57.6 Å². The lowest BCUT2D eigenvalue weighted by atomic mass is 10.2. The molecule has 15 heavy (non-hydrogen) atoms. The molecular formula is C10H19NO3S. The van der Waals surface area contributed by atoms with E-state index >= 15 is 0 Å². The fourth-order valence-electron chi connectivity index (χ4n) is 2.99. The Kier molecular flexibility index (Phi) is 3.33. The van der Waals surface area contributed by atoms with E-state index in [4.69, 9.17) is 0 Å². The SMILES string of the molecule is O=S(=O)(O)N(C1CCCC1)C1CCCC1. The molecule has 0 atom stereocenters. The zero-order chi connectivity index (χ0) is 10.9. The molecule has 2 fully saturated rings. The minimum Gasteiger partial charge on any atom is -0.273 e. The van der Waals surface area contributed by atoms with Crippen molar-refractivity contribution in [3.63, 3.8) is 0 Å². The molecule has 0 bridgehead atoms. The highest BCUT2D eigenvalue weighted by molar-refractivity contribution is 7.83. The molecule has 0 heterocycles. The maximum atomic E-state index is 11.4. The summed E-state index contributed by atoms with van der Waals surface area (Å²) in [6.45, 7) is 0. The molecular weight excluding hydrogens is 214 g/mol. The first-order chi connectivity index (χ1) is 7.09. The highest BCUT2D eigenvalue weighted by Gasteiger charge is 2.37.